The van der Waals surface area contributed by atoms with E-state index in [1.165, 1.54) is 0 Å². The number of pyridine rings is 1. The average Bonchev–Trinajstić information content (AvgIpc) is 2.89. The number of Topliss-reactive ketones (excluding diaryl/α,β-unsaturated/α-hetero) is 1. The van der Waals surface area contributed by atoms with Crippen LogP contribution < -0.4 is 9.57 Å². The molecular weight excluding hydrogens is 166 g/mol. The summed E-state index contributed by atoms with van der Waals surface area (Å²) in [4.78, 5) is 16.4. The van der Waals surface area contributed by atoms with Gasteiger partial charge < -0.3 is 0 Å². The molecule has 3 nitrogen and oxygen atoms in total. The van der Waals surface area contributed by atoms with Crippen molar-refractivity contribution in [3.05, 3.63) is 30.1 Å². The zero-order valence-electron chi connectivity index (χ0n) is 7.56. The molecular formula is C10H12NO2+. The van der Waals surface area contributed by atoms with Crippen LogP contribution in [0.25, 0.3) is 0 Å². The number of hydrogen-bond donors (Lipinski definition) is 0. The molecule has 1 aliphatic rings. The van der Waals surface area contributed by atoms with Crippen molar-refractivity contribution in [2.24, 2.45) is 0 Å². The van der Waals surface area contributed by atoms with E-state index in [1.807, 2.05) is 0 Å². The van der Waals surface area contributed by atoms with Gasteiger partial charge in [0.2, 0.25) is 12.4 Å². The first-order valence-electron chi connectivity index (χ1n) is 4.45. The largest absolute Gasteiger partial charge is 0.295 e. The Morgan fingerprint density at radius 2 is 2.08 bits per heavy atom. The minimum absolute atomic E-state index is 0.0820. The molecule has 3 heteroatoms. The van der Waals surface area contributed by atoms with Gasteiger partial charge in [-0.3, -0.25) is 9.63 Å². The quantitative estimate of drug-likeness (QED) is 0.505. The first kappa shape index (κ1) is 8.23. The van der Waals surface area contributed by atoms with Crippen molar-refractivity contribution in [2.75, 3.05) is 0 Å². The average molecular weight is 178 g/mol. The Bertz CT molecular complexity index is 314. The predicted octanol–water partition coefficient (Wildman–Crippen LogP) is 0.768. The lowest BCUT2D eigenvalue weighted by atomic mass is 10.2. The Morgan fingerprint density at radius 3 is 2.54 bits per heavy atom. The Kier molecular flexibility index (Phi) is 2.00. The molecule has 1 aliphatic carbocycles. The second kappa shape index (κ2) is 3.17. The van der Waals surface area contributed by atoms with Gasteiger partial charge in [-0.25, -0.2) is 0 Å². The fraction of sp³-hybridized carbons (Fsp3) is 0.400. The van der Waals surface area contributed by atoms with E-state index in [9.17, 15) is 4.79 Å². The highest BCUT2D eigenvalue weighted by Gasteiger charge is 2.28. The Morgan fingerprint density at radius 1 is 1.46 bits per heavy atom. The third kappa shape index (κ3) is 2.05. The van der Waals surface area contributed by atoms with Crippen LogP contribution in [-0.4, -0.2) is 11.9 Å². The maximum absolute atomic E-state index is 10.9. The van der Waals surface area contributed by atoms with Gasteiger partial charge in [0.25, 0.3) is 0 Å². The molecule has 0 saturated heterocycles. The first-order valence-corrected chi connectivity index (χ1v) is 4.45. The van der Waals surface area contributed by atoms with E-state index >= 15 is 0 Å². The zero-order valence-corrected chi connectivity index (χ0v) is 7.56. The molecule has 0 spiro atoms. The van der Waals surface area contributed by atoms with Crippen molar-refractivity contribution < 1.29 is 14.4 Å². The van der Waals surface area contributed by atoms with Crippen molar-refractivity contribution in [3.63, 3.8) is 0 Å². The van der Waals surface area contributed by atoms with Crippen molar-refractivity contribution in [2.45, 2.75) is 25.9 Å². The van der Waals surface area contributed by atoms with E-state index in [1.54, 1.807) is 36.2 Å². The molecule has 0 amide bonds. The Hall–Kier alpha value is -1.38. The summed E-state index contributed by atoms with van der Waals surface area (Å²) >= 11 is 0. The molecule has 0 atom stereocenters. The summed E-state index contributed by atoms with van der Waals surface area (Å²) in [5.74, 6) is 0.0820. The Labute approximate surface area is 76.9 Å². The molecule has 1 saturated carbocycles. The maximum atomic E-state index is 10.9. The van der Waals surface area contributed by atoms with Gasteiger partial charge in [-0.1, -0.05) is 0 Å². The van der Waals surface area contributed by atoms with Crippen molar-refractivity contribution in [1.82, 2.24) is 0 Å². The maximum Gasteiger partial charge on any atom is 0.223 e. The van der Waals surface area contributed by atoms with Crippen LogP contribution in [-0.2, 0) is 0 Å². The van der Waals surface area contributed by atoms with Crippen molar-refractivity contribution >= 4 is 5.78 Å². The molecule has 0 aliphatic heterocycles. The number of aromatic nitrogens is 1. The van der Waals surface area contributed by atoms with E-state index < -0.39 is 0 Å². The lowest BCUT2D eigenvalue weighted by molar-refractivity contribution is -0.894. The van der Waals surface area contributed by atoms with Crippen molar-refractivity contribution in [3.8, 4) is 0 Å². The van der Waals surface area contributed by atoms with E-state index in [0.29, 0.717) is 6.10 Å². The predicted molar refractivity (Wildman–Crippen MR) is 46.2 cm³/mol. The summed E-state index contributed by atoms with van der Waals surface area (Å²) in [5, 5.41) is 0. The lowest BCUT2D eigenvalue weighted by Crippen LogP contribution is -2.43. The molecule has 1 fully saturated rings. The number of hydrogen-bond acceptors (Lipinski definition) is 2. The summed E-state index contributed by atoms with van der Waals surface area (Å²) in [5.41, 5.74) is 0.718. The summed E-state index contributed by atoms with van der Waals surface area (Å²) in [7, 11) is 0. The molecule has 0 unspecified atom stereocenters. The molecule has 13 heavy (non-hydrogen) atoms. The summed E-state index contributed by atoms with van der Waals surface area (Å²) in [6.07, 6.45) is 6.21. The first-order chi connectivity index (χ1) is 6.25. The molecule has 0 radical (unpaired) electrons. The molecule has 0 bridgehead atoms. The van der Waals surface area contributed by atoms with Crippen LogP contribution in [0.1, 0.15) is 30.1 Å². The topological polar surface area (TPSA) is 30.2 Å². The third-order valence-electron chi connectivity index (χ3n) is 2.00. The second-order valence-electron chi connectivity index (χ2n) is 3.31. The zero-order chi connectivity index (χ0) is 9.26. The minimum atomic E-state index is 0.0820. The molecule has 1 aromatic heterocycles. The summed E-state index contributed by atoms with van der Waals surface area (Å²) in [6.45, 7) is 1.56. The van der Waals surface area contributed by atoms with Gasteiger partial charge in [0.1, 0.15) is 0 Å². The molecule has 68 valence electrons. The lowest BCUT2D eigenvalue weighted by Gasteiger charge is -1.95. The highest BCUT2D eigenvalue weighted by Crippen LogP contribution is 2.18. The molecule has 0 N–H and O–H groups in total. The Balaban J connectivity index is 2.08. The van der Waals surface area contributed by atoms with Crippen LogP contribution in [0.15, 0.2) is 24.5 Å². The molecule has 2 rings (SSSR count). The van der Waals surface area contributed by atoms with Gasteiger partial charge in [-0.15, -0.1) is 0 Å². The minimum Gasteiger partial charge on any atom is -0.295 e. The van der Waals surface area contributed by atoms with E-state index in [0.717, 1.165) is 18.4 Å². The number of carbonyl (C=O) groups is 1. The molecule has 1 aromatic rings. The number of ketones is 1. The SMILES string of the molecule is CC(=O)c1cc[n+](OC2CC2)cc1. The van der Waals surface area contributed by atoms with E-state index in [-0.39, 0.29) is 5.78 Å². The van der Waals surface area contributed by atoms with E-state index in [2.05, 4.69) is 0 Å². The summed E-state index contributed by atoms with van der Waals surface area (Å²) < 4.78 is 1.66. The van der Waals surface area contributed by atoms with E-state index in [4.69, 9.17) is 4.84 Å². The van der Waals surface area contributed by atoms with Gasteiger partial charge in [0, 0.05) is 22.4 Å². The van der Waals surface area contributed by atoms with Gasteiger partial charge in [0.05, 0.1) is 0 Å². The number of nitrogens with zero attached hydrogens (tertiary/aromatic N) is 1. The fourth-order valence-corrected chi connectivity index (χ4v) is 1.06. The van der Waals surface area contributed by atoms with Gasteiger partial charge in [-0.05, 0) is 19.8 Å². The van der Waals surface area contributed by atoms with Crippen molar-refractivity contribution in [1.29, 1.82) is 0 Å². The van der Waals surface area contributed by atoms with Crippen LogP contribution in [0.4, 0.5) is 0 Å². The second-order valence-corrected chi connectivity index (χ2v) is 3.31. The molecule has 0 aromatic carbocycles. The van der Waals surface area contributed by atoms with Crippen LogP contribution in [0.3, 0.4) is 0 Å². The smallest absolute Gasteiger partial charge is 0.223 e. The van der Waals surface area contributed by atoms with Crippen LogP contribution in [0, 0.1) is 0 Å². The van der Waals surface area contributed by atoms with Gasteiger partial charge >= 0.3 is 0 Å². The highest BCUT2D eigenvalue weighted by atomic mass is 16.7. The van der Waals surface area contributed by atoms with Crippen LogP contribution >= 0.6 is 0 Å². The van der Waals surface area contributed by atoms with Crippen LogP contribution in [0.5, 0.6) is 0 Å². The normalized spacial score (nSPS) is 15.5. The fourth-order valence-electron chi connectivity index (χ4n) is 1.06. The third-order valence-corrected chi connectivity index (χ3v) is 2.00. The number of carbonyl (C=O) groups excluding carboxylic acids is 1. The summed E-state index contributed by atoms with van der Waals surface area (Å²) in [6, 6.07) is 3.54. The standard InChI is InChI=1S/C10H12NO2/c1-8(12)9-4-6-11(7-5-9)13-10-2-3-10/h4-7,10H,2-3H2,1H3/q+1. The van der Waals surface area contributed by atoms with Crippen LogP contribution in [0.2, 0.25) is 0 Å². The molecule has 1 heterocycles. The van der Waals surface area contributed by atoms with Gasteiger partial charge in [0.15, 0.2) is 11.9 Å². The highest BCUT2D eigenvalue weighted by molar-refractivity contribution is 5.93. The van der Waals surface area contributed by atoms with Gasteiger partial charge in [-0.2, -0.15) is 0 Å². The monoisotopic (exact) mass is 178 g/mol. The number of rotatable bonds is 3.